The zero-order chi connectivity index (χ0) is 16.1. The number of fused-ring (bicyclic) bond motifs is 1. The fourth-order valence-corrected chi connectivity index (χ4v) is 3.88. The van der Waals surface area contributed by atoms with Gasteiger partial charge in [0.25, 0.3) is 0 Å². The van der Waals surface area contributed by atoms with E-state index in [1.165, 1.54) is 22.4 Å². The molecule has 0 radical (unpaired) electrons. The maximum Gasteiger partial charge on any atom is 0.123 e. The lowest BCUT2D eigenvalue weighted by atomic mass is 9.96. The van der Waals surface area contributed by atoms with Gasteiger partial charge >= 0.3 is 0 Å². The van der Waals surface area contributed by atoms with Gasteiger partial charge in [-0.25, -0.2) is 0 Å². The highest BCUT2D eigenvalue weighted by Crippen LogP contribution is 2.29. The third-order valence-corrected chi connectivity index (χ3v) is 5.32. The van der Waals surface area contributed by atoms with Gasteiger partial charge in [-0.15, -0.1) is 11.3 Å². The average Bonchev–Trinajstić information content (AvgIpc) is 3.06. The SMILES string of the molecule is CC(C)CCC(Cc1cccs1)Oc1cccc2c1CC=CC2. The van der Waals surface area contributed by atoms with E-state index in [0.717, 1.165) is 37.4 Å². The molecule has 1 aliphatic rings. The summed E-state index contributed by atoms with van der Waals surface area (Å²) in [4.78, 5) is 1.42. The Labute approximate surface area is 144 Å². The molecule has 1 aromatic carbocycles. The van der Waals surface area contributed by atoms with E-state index in [9.17, 15) is 0 Å². The molecule has 1 aromatic heterocycles. The first-order valence-corrected chi connectivity index (χ1v) is 9.55. The molecule has 0 saturated heterocycles. The van der Waals surface area contributed by atoms with Gasteiger partial charge in [0.15, 0.2) is 0 Å². The summed E-state index contributed by atoms with van der Waals surface area (Å²) in [7, 11) is 0. The first-order chi connectivity index (χ1) is 11.2. The van der Waals surface area contributed by atoms with Crippen molar-refractivity contribution in [3.05, 3.63) is 63.9 Å². The molecule has 1 heterocycles. The highest BCUT2D eigenvalue weighted by atomic mass is 32.1. The van der Waals surface area contributed by atoms with Crippen LogP contribution in [0, 0.1) is 5.92 Å². The minimum absolute atomic E-state index is 0.272. The zero-order valence-corrected chi connectivity index (χ0v) is 14.9. The summed E-state index contributed by atoms with van der Waals surface area (Å²) >= 11 is 1.83. The summed E-state index contributed by atoms with van der Waals surface area (Å²) in [6, 6.07) is 10.9. The van der Waals surface area contributed by atoms with Crippen LogP contribution in [0.1, 0.15) is 42.7 Å². The van der Waals surface area contributed by atoms with Crippen molar-refractivity contribution >= 4 is 11.3 Å². The topological polar surface area (TPSA) is 9.23 Å². The molecule has 0 bridgehead atoms. The Bertz CT molecular complexity index is 640. The summed E-state index contributed by atoms with van der Waals surface area (Å²) in [6.07, 6.45) is 10.2. The average molecular weight is 327 g/mol. The fourth-order valence-electron chi connectivity index (χ4n) is 3.11. The Balaban J connectivity index is 1.75. The Morgan fingerprint density at radius 1 is 1.04 bits per heavy atom. The summed E-state index contributed by atoms with van der Waals surface area (Å²) in [5, 5.41) is 2.16. The maximum atomic E-state index is 6.51. The second kappa shape index (κ2) is 7.83. The largest absolute Gasteiger partial charge is 0.490 e. The smallest absolute Gasteiger partial charge is 0.123 e. The van der Waals surface area contributed by atoms with E-state index in [2.05, 4.69) is 61.7 Å². The molecule has 0 N–H and O–H groups in total. The lowest BCUT2D eigenvalue weighted by molar-refractivity contribution is 0.182. The van der Waals surface area contributed by atoms with Crippen molar-refractivity contribution in [1.29, 1.82) is 0 Å². The first-order valence-electron chi connectivity index (χ1n) is 8.67. The lowest BCUT2D eigenvalue weighted by Crippen LogP contribution is -2.21. The van der Waals surface area contributed by atoms with Crippen LogP contribution in [0.5, 0.6) is 5.75 Å². The molecule has 2 aromatic rings. The van der Waals surface area contributed by atoms with Gasteiger partial charge in [0.2, 0.25) is 0 Å². The summed E-state index contributed by atoms with van der Waals surface area (Å²) in [5.74, 6) is 1.81. The Morgan fingerprint density at radius 2 is 1.91 bits per heavy atom. The number of rotatable bonds is 7. The molecule has 0 saturated carbocycles. The number of thiophene rings is 1. The lowest BCUT2D eigenvalue weighted by Gasteiger charge is -2.23. The number of hydrogen-bond donors (Lipinski definition) is 0. The normalized spacial score (nSPS) is 14.7. The van der Waals surface area contributed by atoms with Crippen LogP contribution in [-0.4, -0.2) is 6.10 Å². The monoisotopic (exact) mass is 326 g/mol. The first kappa shape index (κ1) is 16.3. The molecular weight excluding hydrogens is 300 g/mol. The van der Waals surface area contributed by atoms with Crippen LogP contribution in [0.4, 0.5) is 0 Å². The van der Waals surface area contributed by atoms with Crippen molar-refractivity contribution in [1.82, 2.24) is 0 Å². The van der Waals surface area contributed by atoms with Crippen LogP contribution < -0.4 is 4.74 Å². The van der Waals surface area contributed by atoms with Crippen LogP contribution in [0.3, 0.4) is 0 Å². The molecule has 1 atom stereocenters. The zero-order valence-electron chi connectivity index (χ0n) is 14.1. The van der Waals surface area contributed by atoms with E-state index in [1.807, 2.05) is 11.3 Å². The van der Waals surface area contributed by atoms with Crippen LogP contribution in [0.2, 0.25) is 0 Å². The van der Waals surface area contributed by atoms with Gasteiger partial charge in [0, 0.05) is 16.9 Å². The second-order valence-corrected chi connectivity index (χ2v) is 7.80. The molecule has 1 nitrogen and oxygen atoms in total. The van der Waals surface area contributed by atoms with Crippen molar-refractivity contribution < 1.29 is 4.74 Å². The Hall–Kier alpha value is -1.54. The quantitative estimate of drug-likeness (QED) is 0.582. The van der Waals surface area contributed by atoms with Gasteiger partial charge in [-0.2, -0.15) is 0 Å². The highest BCUT2D eigenvalue weighted by Gasteiger charge is 2.17. The van der Waals surface area contributed by atoms with Crippen molar-refractivity contribution in [2.24, 2.45) is 5.92 Å². The van der Waals surface area contributed by atoms with Gasteiger partial charge in [0.1, 0.15) is 11.9 Å². The summed E-state index contributed by atoms with van der Waals surface area (Å²) in [6.45, 7) is 4.58. The molecule has 0 amide bonds. The molecular formula is C21H26OS. The van der Waals surface area contributed by atoms with E-state index in [-0.39, 0.29) is 6.10 Å². The number of hydrogen-bond acceptors (Lipinski definition) is 2. The van der Waals surface area contributed by atoms with Gasteiger partial charge in [-0.3, -0.25) is 0 Å². The predicted molar refractivity (Wildman–Crippen MR) is 99.5 cm³/mol. The molecule has 0 fully saturated rings. The van der Waals surface area contributed by atoms with E-state index in [4.69, 9.17) is 4.74 Å². The van der Waals surface area contributed by atoms with Crippen molar-refractivity contribution in [3.8, 4) is 5.75 Å². The molecule has 0 aliphatic heterocycles. The third kappa shape index (κ3) is 4.48. The van der Waals surface area contributed by atoms with Crippen LogP contribution in [-0.2, 0) is 19.3 Å². The molecule has 2 heteroatoms. The van der Waals surface area contributed by atoms with Crippen LogP contribution >= 0.6 is 11.3 Å². The number of allylic oxidation sites excluding steroid dienone is 2. The van der Waals surface area contributed by atoms with Gasteiger partial charge in [0.05, 0.1) is 0 Å². The van der Waals surface area contributed by atoms with E-state index in [1.54, 1.807) is 0 Å². The molecule has 122 valence electrons. The molecule has 3 rings (SSSR count). The summed E-state index contributed by atoms with van der Waals surface area (Å²) < 4.78 is 6.51. The number of ether oxygens (including phenoxy) is 1. The van der Waals surface area contributed by atoms with Crippen LogP contribution in [0.15, 0.2) is 47.9 Å². The predicted octanol–water partition coefficient (Wildman–Crippen LogP) is 5.83. The fraction of sp³-hybridized carbons (Fsp3) is 0.429. The van der Waals surface area contributed by atoms with Crippen molar-refractivity contribution in [2.45, 2.75) is 52.1 Å². The van der Waals surface area contributed by atoms with E-state index >= 15 is 0 Å². The van der Waals surface area contributed by atoms with E-state index < -0.39 is 0 Å². The second-order valence-electron chi connectivity index (χ2n) is 6.77. The third-order valence-electron chi connectivity index (χ3n) is 4.43. The Morgan fingerprint density at radius 3 is 2.70 bits per heavy atom. The van der Waals surface area contributed by atoms with Crippen molar-refractivity contribution in [2.75, 3.05) is 0 Å². The van der Waals surface area contributed by atoms with Crippen LogP contribution in [0.25, 0.3) is 0 Å². The minimum atomic E-state index is 0.272. The Kier molecular flexibility index (Phi) is 5.56. The molecule has 0 spiro atoms. The molecule has 23 heavy (non-hydrogen) atoms. The number of benzene rings is 1. The summed E-state index contributed by atoms with van der Waals surface area (Å²) in [5.41, 5.74) is 2.81. The highest BCUT2D eigenvalue weighted by molar-refractivity contribution is 7.09. The standard InChI is InChI=1S/C21H26OS/c1-16(2)12-13-18(15-19-9-6-14-23-19)22-21-11-5-8-17-7-3-4-10-20(17)21/h3-6,8-9,11,14,16,18H,7,10,12-13,15H2,1-2H3. The van der Waals surface area contributed by atoms with Crippen molar-refractivity contribution in [3.63, 3.8) is 0 Å². The maximum absolute atomic E-state index is 6.51. The molecule has 1 unspecified atom stereocenters. The van der Waals surface area contributed by atoms with E-state index in [0.29, 0.717) is 0 Å². The molecule has 1 aliphatic carbocycles. The van der Waals surface area contributed by atoms with Gasteiger partial charge < -0.3 is 4.74 Å². The van der Waals surface area contributed by atoms with Gasteiger partial charge in [-0.1, -0.05) is 44.2 Å². The van der Waals surface area contributed by atoms with Gasteiger partial charge in [-0.05, 0) is 54.7 Å². The minimum Gasteiger partial charge on any atom is -0.490 e.